The van der Waals surface area contributed by atoms with Gasteiger partial charge >= 0.3 is 0 Å². The molecule has 1 amide bonds. The zero-order valence-electron chi connectivity index (χ0n) is 11.9. The Morgan fingerprint density at radius 1 is 1.42 bits per heavy atom. The minimum atomic E-state index is 0.0847. The van der Waals surface area contributed by atoms with Gasteiger partial charge in [-0.2, -0.15) is 0 Å². The fraction of sp³-hybridized carbons (Fsp3) is 0.600. The van der Waals surface area contributed by atoms with Crippen LogP contribution >= 0.6 is 0 Å². The van der Waals surface area contributed by atoms with Crippen LogP contribution in [0.5, 0.6) is 0 Å². The number of pyridine rings is 1. The molecule has 2 rings (SSSR count). The van der Waals surface area contributed by atoms with Gasteiger partial charge in [-0.15, -0.1) is 0 Å². The third-order valence-electron chi connectivity index (χ3n) is 3.76. The summed E-state index contributed by atoms with van der Waals surface area (Å²) in [5.74, 6) is 0.920. The van der Waals surface area contributed by atoms with Crippen LogP contribution in [0.2, 0.25) is 0 Å². The Kier molecular flexibility index (Phi) is 4.77. The lowest BCUT2D eigenvalue weighted by Crippen LogP contribution is -2.35. The Bertz CT molecular complexity index is 410. The van der Waals surface area contributed by atoms with Gasteiger partial charge in [-0.3, -0.25) is 4.79 Å². The van der Waals surface area contributed by atoms with Crippen LogP contribution in [0.15, 0.2) is 18.3 Å². The monoisotopic (exact) mass is 261 g/mol. The largest absolute Gasteiger partial charge is 0.370 e. The van der Waals surface area contributed by atoms with Crippen molar-refractivity contribution in [3.05, 3.63) is 23.9 Å². The van der Waals surface area contributed by atoms with E-state index < -0.39 is 0 Å². The second-order valence-electron chi connectivity index (χ2n) is 5.21. The van der Waals surface area contributed by atoms with E-state index in [9.17, 15) is 4.79 Å². The van der Waals surface area contributed by atoms with Crippen molar-refractivity contribution in [1.82, 2.24) is 9.88 Å². The number of nitrogens with zero attached hydrogens (tertiary/aromatic N) is 2. The number of amides is 1. The van der Waals surface area contributed by atoms with Crippen LogP contribution in [-0.4, -0.2) is 35.4 Å². The molecule has 1 aliphatic rings. The average Bonchev–Trinajstić information content (AvgIpc) is 2.98. The molecule has 0 bridgehead atoms. The Labute approximate surface area is 115 Å². The second-order valence-corrected chi connectivity index (χ2v) is 5.21. The molecule has 0 aliphatic heterocycles. The molecule has 19 heavy (non-hydrogen) atoms. The van der Waals surface area contributed by atoms with Crippen molar-refractivity contribution in [2.45, 2.75) is 45.1 Å². The molecule has 1 fully saturated rings. The van der Waals surface area contributed by atoms with E-state index in [0.717, 1.165) is 31.6 Å². The number of carbonyl (C=O) groups excluding carboxylic acids is 1. The first-order chi connectivity index (χ1) is 9.22. The number of carbonyl (C=O) groups is 1. The van der Waals surface area contributed by atoms with Gasteiger partial charge < -0.3 is 10.2 Å². The molecule has 0 atom stereocenters. The minimum Gasteiger partial charge on any atom is -0.370 e. The molecule has 0 spiro atoms. The Morgan fingerprint density at radius 2 is 2.16 bits per heavy atom. The molecular formula is C15H23N3O. The van der Waals surface area contributed by atoms with Gasteiger partial charge in [-0.25, -0.2) is 4.98 Å². The summed E-state index contributed by atoms with van der Waals surface area (Å²) < 4.78 is 0. The molecule has 1 aliphatic carbocycles. The third-order valence-corrected chi connectivity index (χ3v) is 3.76. The maximum atomic E-state index is 12.3. The van der Waals surface area contributed by atoms with Gasteiger partial charge in [0.15, 0.2) is 0 Å². The average molecular weight is 261 g/mol. The lowest BCUT2D eigenvalue weighted by Gasteiger charge is -2.24. The molecular weight excluding hydrogens is 238 g/mol. The van der Waals surface area contributed by atoms with E-state index >= 15 is 0 Å². The molecule has 0 radical (unpaired) electrons. The maximum absolute atomic E-state index is 12.3. The summed E-state index contributed by atoms with van der Waals surface area (Å²) in [4.78, 5) is 18.5. The highest BCUT2D eigenvalue weighted by molar-refractivity contribution is 5.94. The van der Waals surface area contributed by atoms with Gasteiger partial charge in [0.25, 0.3) is 5.91 Å². The van der Waals surface area contributed by atoms with E-state index in [-0.39, 0.29) is 5.91 Å². The standard InChI is InChI=1S/C15H23N3O/c1-3-10-16-14-9-8-12(11-17-14)15(19)18(2)13-6-4-5-7-13/h8-9,11,13H,3-7,10H2,1-2H3,(H,16,17). The molecule has 1 heterocycles. The van der Waals surface area contributed by atoms with E-state index in [1.54, 1.807) is 6.20 Å². The molecule has 0 aromatic carbocycles. The van der Waals surface area contributed by atoms with Crippen molar-refractivity contribution >= 4 is 11.7 Å². The van der Waals surface area contributed by atoms with E-state index in [1.807, 2.05) is 24.1 Å². The van der Waals surface area contributed by atoms with Gasteiger partial charge in [0, 0.05) is 25.8 Å². The highest BCUT2D eigenvalue weighted by atomic mass is 16.2. The summed E-state index contributed by atoms with van der Waals surface area (Å²) in [5, 5.41) is 3.21. The highest BCUT2D eigenvalue weighted by Gasteiger charge is 2.24. The molecule has 0 saturated heterocycles. The van der Waals surface area contributed by atoms with Crippen molar-refractivity contribution < 1.29 is 4.79 Å². The first-order valence-corrected chi connectivity index (χ1v) is 7.19. The number of rotatable bonds is 5. The van der Waals surface area contributed by atoms with Crippen LogP contribution < -0.4 is 5.32 Å². The number of nitrogens with one attached hydrogen (secondary N) is 1. The topological polar surface area (TPSA) is 45.2 Å². The van der Waals surface area contributed by atoms with E-state index in [0.29, 0.717) is 11.6 Å². The van der Waals surface area contributed by atoms with Crippen molar-refractivity contribution in [1.29, 1.82) is 0 Å². The van der Waals surface area contributed by atoms with Crippen LogP contribution in [0, 0.1) is 0 Å². The number of hydrogen-bond acceptors (Lipinski definition) is 3. The summed E-state index contributed by atoms with van der Waals surface area (Å²) in [6.45, 7) is 3.02. The first-order valence-electron chi connectivity index (χ1n) is 7.19. The molecule has 1 N–H and O–H groups in total. The van der Waals surface area contributed by atoms with Crippen LogP contribution in [0.4, 0.5) is 5.82 Å². The van der Waals surface area contributed by atoms with Gasteiger partial charge in [0.1, 0.15) is 5.82 Å². The van der Waals surface area contributed by atoms with Crippen molar-refractivity contribution in [2.75, 3.05) is 18.9 Å². The zero-order valence-corrected chi connectivity index (χ0v) is 11.9. The van der Waals surface area contributed by atoms with Crippen LogP contribution in [0.1, 0.15) is 49.4 Å². The molecule has 4 nitrogen and oxygen atoms in total. The molecule has 1 aromatic rings. The first kappa shape index (κ1) is 13.8. The number of anilines is 1. The summed E-state index contributed by atoms with van der Waals surface area (Å²) >= 11 is 0. The smallest absolute Gasteiger partial charge is 0.255 e. The van der Waals surface area contributed by atoms with Crippen molar-refractivity contribution in [3.63, 3.8) is 0 Å². The third kappa shape index (κ3) is 3.46. The number of hydrogen-bond donors (Lipinski definition) is 1. The van der Waals surface area contributed by atoms with Crippen LogP contribution in [-0.2, 0) is 0 Å². The van der Waals surface area contributed by atoms with E-state index in [2.05, 4.69) is 17.2 Å². The van der Waals surface area contributed by atoms with Crippen molar-refractivity contribution in [2.24, 2.45) is 0 Å². The van der Waals surface area contributed by atoms with E-state index in [4.69, 9.17) is 0 Å². The van der Waals surface area contributed by atoms with Crippen molar-refractivity contribution in [3.8, 4) is 0 Å². The number of aromatic nitrogens is 1. The van der Waals surface area contributed by atoms with Crippen LogP contribution in [0.25, 0.3) is 0 Å². The lowest BCUT2D eigenvalue weighted by molar-refractivity contribution is 0.0735. The highest BCUT2D eigenvalue weighted by Crippen LogP contribution is 2.23. The van der Waals surface area contributed by atoms with Gasteiger partial charge in [0.2, 0.25) is 0 Å². The Hall–Kier alpha value is -1.58. The predicted octanol–water partition coefficient (Wildman–Crippen LogP) is 2.92. The predicted molar refractivity (Wildman–Crippen MR) is 77.4 cm³/mol. The molecule has 1 saturated carbocycles. The zero-order chi connectivity index (χ0) is 13.7. The molecule has 1 aromatic heterocycles. The lowest BCUT2D eigenvalue weighted by atomic mass is 10.2. The minimum absolute atomic E-state index is 0.0847. The maximum Gasteiger partial charge on any atom is 0.255 e. The van der Waals surface area contributed by atoms with Gasteiger partial charge in [-0.05, 0) is 31.4 Å². The van der Waals surface area contributed by atoms with Gasteiger partial charge in [0.05, 0.1) is 5.56 Å². The Morgan fingerprint density at radius 3 is 2.74 bits per heavy atom. The van der Waals surface area contributed by atoms with Gasteiger partial charge in [-0.1, -0.05) is 19.8 Å². The molecule has 0 unspecified atom stereocenters. The summed E-state index contributed by atoms with van der Waals surface area (Å²) in [5.41, 5.74) is 0.677. The SMILES string of the molecule is CCCNc1ccc(C(=O)N(C)C2CCCC2)cn1. The second kappa shape index (κ2) is 6.55. The summed E-state index contributed by atoms with van der Waals surface area (Å²) in [6.07, 6.45) is 7.47. The molecule has 104 valence electrons. The quantitative estimate of drug-likeness (QED) is 0.886. The summed E-state index contributed by atoms with van der Waals surface area (Å²) in [7, 11) is 1.90. The molecule has 4 heteroatoms. The van der Waals surface area contributed by atoms with Crippen LogP contribution in [0.3, 0.4) is 0 Å². The Balaban J connectivity index is 1.98. The fourth-order valence-corrected chi connectivity index (χ4v) is 2.54. The summed E-state index contributed by atoms with van der Waals surface area (Å²) in [6, 6.07) is 4.15. The normalized spacial score (nSPS) is 15.5. The fourth-order valence-electron chi connectivity index (χ4n) is 2.54. The van der Waals surface area contributed by atoms with E-state index in [1.165, 1.54) is 12.8 Å².